The van der Waals surface area contributed by atoms with Gasteiger partial charge in [-0.2, -0.15) is 5.10 Å². The van der Waals surface area contributed by atoms with Crippen molar-refractivity contribution < 1.29 is 19.2 Å². The summed E-state index contributed by atoms with van der Waals surface area (Å²) in [6, 6.07) is 8.99. The number of amides is 1. The number of aryl methyl sites for hydroxylation is 1. The first-order chi connectivity index (χ1) is 12.0. The summed E-state index contributed by atoms with van der Waals surface area (Å²) in [6.07, 6.45) is 2.66. The number of fused-ring (bicyclic) bond motifs is 1. The van der Waals surface area contributed by atoms with Crippen molar-refractivity contribution in [2.45, 2.75) is 6.92 Å². The first-order valence-corrected chi connectivity index (χ1v) is 7.25. The van der Waals surface area contributed by atoms with E-state index in [9.17, 15) is 20.0 Å². The number of nitro groups is 1. The van der Waals surface area contributed by atoms with Crippen molar-refractivity contribution in [3.8, 4) is 5.75 Å². The quantitative estimate of drug-likeness (QED) is 0.430. The number of hydrazone groups is 1. The second-order valence-electron chi connectivity index (χ2n) is 5.27. The van der Waals surface area contributed by atoms with E-state index < -0.39 is 10.8 Å². The third kappa shape index (κ3) is 3.05. The number of nitrogens with zero attached hydrogens (tertiary/aromatic N) is 2. The Bertz CT molecular complexity index is 1010. The molecule has 0 saturated carbocycles. The van der Waals surface area contributed by atoms with Crippen LogP contribution in [-0.2, 0) is 0 Å². The lowest BCUT2D eigenvalue weighted by molar-refractivity contribution is -0.385. The number of nitro benzene ring substituents is 1. The van der Waals surface area contributed by atoms with E-state index in [1.807, 2.05) is 0 Å². The minimum absolute atomic E-state index is 0.0247. The van der Waals surface area contributed by atoms with E-state index in [4.69, 9.17) is 4.42 Å². The lowest BCUT2D eigenvalue weighted by Crippen LogP contribution is -2.17. The van der Waals surface area contributed by atoms with Crippen molar-refractivity contribution in [3.05, 3.63) is 69.5 Å². The monoisotopic (exact) mass is 339 g/mol. The van der Waals surface area contributed by atoms with Crippen LogP contribution >= 0.6 is 0 Å². The van der Waals surface area contributed by atoms with Crippen molar-refractivity contribution in [2.75, 3.05) is 0 Å². The first kappa shape index (κ1) is 16.2. The molecule has 126 valence electrons. The summed E-state index contributed by atoms with van der Waals surface area (Å²) in [7, 11) is 0. The predicted octanol–water partition coefficient (Wildman–Crippen LogP) is 3.12. The molecule has 3 aromatic rings. The molecule has 8 nitrogen and oxygen atoms in total. The molecule has 0 saturated heterocycles. The number of phenols is 1. The van der Waals surface area contributed by atoms with Gasteiger partial charge in [-0.05, 0) is 30.7 Å². The number of rotatable bonds is 4. The van der Waals surface area contributed by atoms with Gasteiger partial charge in [0.1, 0.15) is 11.3 Å². The maximum Gasteiger partial charge on any atom is 0.278 e. The van der Waals surface area contributed by atoms with E-state index >= 15 is 0 Å². The summed E-state index contributed by atoms with van der Waals surface area (Å²) in [5.74, 6) is -0.850. The summed E-state index contributed by atoms with van der Waals surface area (Å²) in [5, 5.41) is 25.4. The summed E-state index contributed by atoms with van der Waals surface area (Å²) in [5.41, 5.74) is 3.56. The van der Waals surface area contributed by atoms with Gasteiger partial charge >= 0.3 is 0 Å². The third-order valence-electron chi connectivity index (χ3n) is 3.64. The van der Waals surface area contributed by atoms with Crippen LogP contribution < -0.4 is 5.43 Å². The molecule has 2 aromatic carbocycles. The van der Waals surface area contributed by atoms with Gasteiger partial charge in [-0.25, -0.2) is 5.43 Å². The van der Waals surface area contributed by atoms with Gasteiger partial charge in [0.25, 0.3) is 11.6 Å². The lowest BCUT2D eigenvalue weighted by Gasteiger charge is -2.04. The number of nitrogens with one attached hydrogen (secondary N) is 1. The molecule has 0 bridgehead atoms. The van der Waals surface area contributed by atoms with Gasteiger partial charge in [0.05, 0.1) is 33.9 Å². The van der Waals surface area contributed by atoms with Gasteiger partial charge in [0.15, 0.2) is 0 Å². The van der Waals surface area contributed by atoms with Gasteiger partial charge in [-0.3, -0.25) is 14.9 Å². The van der Waals surface area contributed by atoms with Gasteiger partial charge in [0, 0.05) is 6.07 Å². The molecule has 3 rings (SSSR count). The number of carbonyl (C=O) groups is 1. The molecule has 0 aliphatic heterocycles. The number of para-hydroxylation sites is 1. The van der Waals surface area contributed by atoms with Gasteiger partial charge in [-0.1, -0.05) is 12.1 Å². The van der Waals surface area contributed by atoms with Crippen LogP contribution in [0.2, 0.25) is 0 Å². The molecule has 0 aliphatic rings. The van der Waals surface area contributed by atoms with Crippen molar-refractivity contribution in [1.29, 1.82) is 0 Å². The largest absolute Gasteiger partial charge is 0.506 e. The van der Waals surface area contributed by atoms with Crippen LogP contribution in [0.15, 0.2) is 52.2 Å². The van der Waals surface area contributed by atoms with E-state index in [2.05, 4.69) is 10.5 Å². The Kier molecular flexibility index (Phi) is 4.17. The normalized spacial score (nSPS) is 11.1. The Hall–Kier alpha value is -3.68. The number of hydrogen-bond acceptors (Lipinski definition) is 6. The molecule has 0 unspecified atom stereocenters. The molecule has 25 heavy (non-hydrogen) atoms. The van der Waals surface area contributed by atoms with E-state index in [1.165, 1.54) is 36.7 Å². The number of hydrogen-bond donors (Lipinski definition) is 2. The molecule has 0 spiro atoms. The van der Waals surface area contributed by atoms with Crippen LogP contribution in [0.25, 0.3) is 11.0 Å². The Balaban J connectivity index is 1.83. The highest BCUT2D eigenvalue weighted by Gasteiger charge is 2.17. The molecule has 1 heterocycles. The topological polar surface area (TPSA) is 118 Å². The van der Waals surface area contributed by atoms with Crippen molar-refractivity contribution >= 4 is 28.8 Å². The molecule has 1 amide bonds. The Morgan fingerprint density at radius 2 is 2.08 bits per heavy atom. The average molecular weight is 339 g/mol. The predicted molar refractivity (Wildman–Crippen MR) is 90.8 cm³/mol. The third-order valence-corrected chi connectivity index (χ3v) is 3.64. The fourth-order valence-corrected chi connectivity index (χ4v) is 2.43. The lowest BCUT2D eigenvalue weighted by atomic mass is 10.1. The smallest absolute Gasteiger partial charge is 0.278 e. The maximum atomic E-state index is 12.2. The fourth-order valence-electron chi connectivity index (χ4n) is 2.43. The van der Waals surface area contributed by atoms with Gasteiger partial charge in [-0.15, -0.1) is 0 Å². The Morgan fingerprint density at radius 3 is 2.84 bits per heavy atom. The van der Waals surface area contributed by atoms with Gasteiger partial charge < -0.3 is 9.52 Å². The molecule has 0 aliphatic carbocycles. The molecular weight excluding hydrogens is 326 g/mol. The molecular formula is C17H13N3O5. The molecule has 8 heteroatoms. The van der Waals surface area contributed by atoms with Crippen molar-refractivity contribution in [2.24, 2.45) is 5.10 Å². The minimum Gasteiger partial charge on any atom is -0.506 e. The Labute approximate surface area is 141 Å². The number of furan rings is 1. The standard InChI is InChI=1S/C17H13N3O5/c1-10-9-25-14-7-6-12(16(21)15(10)14)17(22)19-18-8-11-4-2-3-5-13(11)20(23)24/h2-9,21H,1H3,(H,19,22). The summed E-state index contributed by atoms with van der Waals surface area (Å²) < 4.78 is 5.25. The van der Waals surface area contributed by atoms with E-state index in [-0.39, 0.29) is 22.6 Å². The number of carbonyl (C=O) groups excluding carboxylic acids is 1. The van der Waals surface area contributed by atoms with E-state index in [1.54, 1.807) is 19.1 Å². The molecule has 0 fully saturated rings. The zero-order valence-corrected chi connectivity index (χ0v) is 13.1. The fraction of sp³-hybridized carbons (Fsp3) is 0.0588. The SMILES string of the molecule is Cc1coc2ccc(C(=O)NN=Cc3ccccc3[N+](=O)[O-])c(O)c12. The highest BCUT2D eigenvalue weighted by Crippen LogP contribution is 2.32. The highest BCUT2D eigenvalue weighted by atomic mass is 16.6. The van der Waals surface area contributed by atoms with Crippen molar-refractivity contribution in [3.63, 3.8) is 0 Å². The molecule has 2 N–H and O–H groups in total. The summed E-state index contributed by atoms with van der Waals surface area (Å²) in [4.78, 5) is 22.6. The minimum atomic E-state index is -0.644. The van der Waals surface area contributed by atoms with Gasteiger partial charge in [0.2, 0.25) is 0 Å². The first-order valence-electron chi connectivity index (χ1n) is 7.25. The summed E-state index contributed by atoms with van der Waals surface area (Å²) in [6.45, 7) is 1.75. The number of phenolic OH excluding ortho intramolecular Hbond substituents is 1. The average Bonchev–Trinajstić information content (AvgIpc) is 2.97. The second-order valence-corrected chi connectivity index (χ2v) is 5.27. The molecule has 1 aromatic heterocycles. The highest BCUT2D eigenvalue weighted by molar-refractivity contribution is 6.03. The van der Waals surface area contributed by atoms with Crippen LogP contribution in [0.4, 0.5) is 5.69 Å². The summed E-state index contributed by atoms with van der Waals surface area (Å²) >= 11 is 0. The number of benzene rings is 2. The molecule has 0 atom stereocenters. The van der Waals surface area contributed by atoms with E-state index in [0.29, 0.717) is 16.5 Å². The van der Waals surface area contributed by atoms with Crippen LogP contribution in [0.3, 0.4) is 0 Å². The Morgan fingerprint density at radius 1 is 1.32 bits per heavy atom. The van der Waals surface area contributed by atoms with Crippen LogP contribution in [-0.4, -0.2) is 22.2 Å². The van der Waals surface area contributed by atoms with Crippen LogP contribution in [0, 0.1) is 17.0 Å². The van der Waals surface area contributed by atoms with Crippen molar-refractivity contribution in [1.82, 2.24) is 5.43 Å². The molecule has 0 radical (unpaired) electrons. The maximum absolute atomic E-state index is 12.2. The second kappa shape index (κ2) is 6.44. The van der Waals surface area contributed by atoms with E-state index in [0.717, 1.165) is 0 Å². The zero-order chi connectivity index (χ0) is 18.0. The zero-order valence-electron chi connectivity index (χ0n) is 13.1. The van der Waals surface area contributed by atoms with Crippen LogP contribution in [0.5, 0.6) is 5.75 Å². The number of aromatic hydroxyl groups is 1. The van der Waals surface area contributed by atoms with Crippen LogP contribution in [0.1, 0.15) is 21.5 Å².